The Labute approximate surface area is 103 Å². The maximum absolute atomic E-state index is 10.9. The lowest BCUT2D eigenvalue weighted by Gasteiger charge is -1.99. The van der Waals surface area contributed by atoms with Crippen LogP contribution in [0.15, 0.2) is 22.1 Å². The first kappa shape index (κ1) is 11.2. The lowest BCUT2D eigenvalue weighted by atomic mass is 10.1. The van der Waals surface area contributed by atoms with Crippen molar-refractivity contribution in [1.29, 1.82) is 0 Å². The molecule has 0 aliphatic carbocycles. The summed E-state index contributed by atoms with van der Waals surface area (Å²) in [7, 11) is 0. The summed E-state index contributed by atoms with van der Waals surface area (Å²) >= 11 is 4.46. The molecule has 2 rings (SSSR count). The minimum absolute atomic E-state index is 0.0502. The van der Waals surface area contributed by atoms with Crippen LogP contribution in [0.5, 0.6) is 0 Å². The molecule has 0 saturated heterocycles. The Morgan fingerprint density at radius 3 is 2.75 bits per heavy atom. The minimum Gasteiger partial charge on any atom is -0.258 e. The van der Waals surface area contributed by atoms with Crippen molar-refractivity contribution in [2.45, 2.75) is 6.92 Å². The third-order valence-electron chi connectivity index (χ3n) is 1.98. The van der Waals surface area contributed by atoms with Gasteiger partial charge >= 0.3 is 0 Å². The molecule has 0 amide bonds. The molecule has 5 nitrogen and oxygen atoms in total. The van der Waals surface area contributed by atoms with Crippen molar-refractivity contribution in [2.75, 3.05) is 0 Å². The molecule has 0 atom stereocenters. The second-order valence-corrected chi connectivity index (χ2v) is 5.39. The topological polar surface area (TPSA) is 68.9 Å². The van der Waals surface area contributed by atoms with Crippen molar-refractivity contribution in [3.63, 3.8) is 0 Å². The van der Waals surface area contributed by atoms with Gasteiger partial charge in [0.15, 0.2) is 8.92 Å². The van der Waals surface area contributed by atoms with Gasteiger partial charge in [0, 0.05) is 6.07 Å². The molecule has 0 fully saturated rings. The van der Waals surface area contributed by atoms with Crippen LogP contribution in [0.2, 0.25) is 0 Å². The first-order chi connectivity index (χ1) is 7.58. The maximum atomic E-state index is 10.9. The molecular weight excluding hydrogens is 294 g/mol. The van der Waals surface area contributed by atoms with Crippen LogP contribution in [0.3, 0.4) is 0 Å². The zero-order valence-corrected chi connectivity index (χ0v) is 10.6. The molecule has 0 aliphatic rings. The van der Waals surface area contributed by atoms with Gasteiger partial charge in [0.1, 0.15) is 0 Å². The SMILES string of the molecule is Cc1ccc([N+](=O)[O-])c(-c2nnc(Br)s2)c1. The van der Waals surface area contributed by atoms with E-state index in [9.17, 15) is 10.1 Å². The van der Waals surface area contributed by atoms with Gasteiger partial charge in [-0.25, -0.2) is 0 Å². The van der Waals surface area contributed by atoms with Gasteiger partial charge in [0.25, 0.3) is 5.69 Å². The van der Waals surface area contributed by atoms with E-state index in [0.29, 0.717) is 14.5 Å². The number of aryl methyl sites for hydroxylation is 1. The predicted octanol–water partition coefficient (Wildman–Crippen LogP) is 3.18. The third-order valence-corrected chi connectivity index (χ3v) is 3.37. The average molecular weight is 300 g/mol. The number of hydrogen-bond acceptors (Lipinski definition) is 5. The number of hydrogen-bond donors (Lipinski definition) is 0. The van der Waals surface area contributed by atoms with E-state index in [2.05, 4.69) is 26.1 Å². The van der Waals surface area contributed by atoms with E-state index in [0.717, 1.165) is 5.56 Å². The molecule has 0 unspecified atom stereocenters. The van der Waals surface area contributed by atoms with E-state index >= 15 is 0 Å². The van der Waals surface area contributed by atoms with E-state index in [1.807, 2.05) is 6.92 Å². The lowest BCUT2D eigenvalue weighted by Crippen LogP contribution is -1.92. The number of nitro groups is 1. The number of nitrogens with zero attached hydrogens (tertiary/aromatic N) is 3. The van der Waals surface area contributed by atoms with Crippen LogP contribution in [0.25, 0.3) is 10.6 Å². The smallest absolute Gasteiger partial charge is 0.258 e. The fourth-order valence-corrected chi connectivity index (χ4v) is 2.43. The van der Waals surface area contributed by atoms with Crippen LogP contribution < -0.4 is 0 Å². The first-order valence-corrected chi connectivity index (χ1v) is 5.93. The fourth-order valence-electron chi connectivity index (χ4n) is 1.29. The van der Waals surface area contributed by atoms with Crippen LogP contribution >= 0.6 is 27.3 Å². The highest BCUT2D eigenvalue weighted by Gasteiger charge is 2.18. The quantitative estimate of drug-likeness (QED) is 0.631. The largest absolute Gasteiger partial charge is 0.279 e. The molecule has 0 N–H and O–H groups in total. The summed E-state index contributed by atoms with van der Waals surface area (Å²) in [6.07, 6.45) is 0. The van der Waals surface area contributed by atoms with E-state index in [4.69, 9.17) is 0 Å². The summed E-state index contributed by atoms with van der Waals surface area (Å²) in [5.41, 5.74) is 1.51. The molecule has 0 saturated carbocycles. The van der Waals surface area contributed by atoms with E-state index in [-0.39, 0.29) is 5.69 Å². The highest BCUT2D eigenvalue weighted by molar-refractivity contribution is 9.11. The first-order valence-electron chi connectivity index (χ1n) is 4.32. The monoisotopic (exact) mass is 299 g/mol. The lowest BCUT2D eigenvalue weighted by molar-refractivity contribution is -0.384. The van der Waals surface area contributed by atoms with Crippen molar-refractivity contribution >= 4 is 33.0 Å². The van der Waals surface area contributed by atoms with Gasteiger partial charge in [-0.05, 0) is 34.5 Å². The van der Waals surface area contributed by atoms with Gasteiger partial charge in [-0.3, -0.25) is 10.1 Å². The molecule has 2 aromatic rings. The van der Waals surface area contributed by atoms with Crippen molar-refractivity contribution in [3.05, 3.63) is 37.8 Å². The van der Waals surface area contributed by atoms with Gasteiger partial charge in [0.2, 0.25) is 0 Å². The second-order valence-electron chi connectivity index (χ2n) is 3.14. The van der Waals surface area contributed by atoms with Crippen LogP contribution in [0.1, 0.15) is 5.56 Å². The maximum Gasteiger partial charge on any atom is 0.279 e. The molecule has 16 heavy (non-hydrogen) atoms. The normalized spacial score (nSPS) is 10.4. The highest BCUT2D eigenvalue weighted by Crippen LogP contribution is 2.33. The molecular formula is C9H6BrN3O2S. The summed E-state index contributed by atoms with van der Waals surface area (Å²) in [4.78, 5) is 10.5. The van der Waals surface area contributed by atoms with Crippen molar-refractivity contribution in [1.82, 2.24) is 10.2 Å². The van der Waals surface area contributed by atoms with Crippen molar-refractivity contribution in [3.8, 4) is 10.6 Å². The molecule has 0 radical (unpaired) electrons. The summed E-state index contributed by atoms with van der Waals surface area (Å²) < 4.78 is 0.610. The fraction of sp³-hybridized carbons (Fsp3) is 0.111. The summed E-state index contributed by atoms with van der Waals surface area (Å²) in [5.74, 6) is 0. The number of benzene rings is 1. The van der Waals surface area contributed by atoms with Gasteiger partial charge in [0.05, 0.1) is 10.5 Å². The number of nitro benzene ring substituents is 1. The Morgan fingerprint density at radius 2 is 2.19 bits per heavy atom. The summed E-state index contributed by atoms with van der Waals surface area (Å²) in [5, 5.41) is 19.1. The zero-order valence-electron chi connectivity index (χ0n) is 8.18. The highest BCUT2D eigenvalue weighted by atomic mass is 79.9. The van der Waals surface area contributed by atoms with Crippen LogP contribution in [0, 0.1) is 17.0 Å². The minimum atomic E-state index is -0.413. The number of halogens is 1. The van der Waals surface area contributed by atoms with E-state index in [1.165, 1.54) is 17.4 Å². The predicted molar refractivity (Wildman–Crippen MR) is 64.4 cm³/mol. The molecule has 0 spiro atoms. The number of rotatable bonds is 2. The Balaban J connectivity index is 2.62. The molecule has 1 aromatic heterocycles. The molecule has 1 heterocycles. The standard InChI is InChI=1S/C9H6BrN3O2S/c1-5-2-3-7(13(14)15)6(4-5)8-11-12-9(10)16-8/h2-4H,1H3. The van der Waals surface area contributed by atoms with Gasteiger partial charge in [-0.1, -0.05) is 17.4 Å². The third kappa shape index (κ3) is 2.10. The Hall–Kier alpha value is -1.34. The molecule has 0 bridgehead atoms. The molecule has 1 aromatic carbocycles. The Kier molecular flexibility index (Phi) is 2.97. The van der Waals surface area contributed by atoms with Gasteiger partial charge < -0.3 is 0 Å². The van der Waals surface area contributed by atoms with Crippen molar-refractivity contribution < 1.29 is 4.92 Å². The average Bonchev–Trinajstić information content (AvgIpc) is 2.64. The Morgan fingerprint density at radius 1 is 1.44 bits per heavy atom. The van der Waals surface area contributed by atoms with Gasteiger partial charge in [-0.15, -0.1) is 10.2 Å². The van der Waals surface area contributed by atoms with Crippen molar-refractivity contribution in [2.24, 2.45) is 0 Å². The number of aromatic nitrogens is 2. The van der Waals surface area contributed by atoms with Crippen LogP contribution in [0.4, 0.5) is 5.69 Å². The Bertz CT molecular complexity index is 555. The molecule has 7 heteroatoms. The van der Waals surface area contributed by atoms with Crippen LogP contribution in [-0.4, -0.2) is 15.1 Å². The summed E-state index contributed by atoms with van der Waals surface area (Å²) in [6, 6.07) is 4.93. The molecule has 82 valence electrons. The van der Waals surface area contributed by atoms with Crippen LogP contribution in [-0.2, 0) is 0 Å². The summed E-state index contributed by atoms with van der Waals surface area (Å²) in [6.45, 7) is 1.88. The second kappa shape index (κ2) is 4.26. The van der Waals surface area contributed by atoms with E-state index < -0.39 is 4.92 Å². The van der Waals surface area contributed by atoms with E-state index in [1.54, 1.807) is 12.1 Å². The van der Waals surface area contributed by atoms with Gasteiger partial charge in [-0.2, -0.15) is 0 Å². The zero-order chi connectivity index (χ0) is 11.7. The molecule has 0 aliphatic heterocycles.